The van der Waals surface area contributed by atoms with Crippen molar-refractivity contribution in [1.29, 1.82) is 0 Å². The molecule has 0 saturated carbocycles. The summed E-state index contributed by atoms with van der Waals surface area (Å²) in [4.78, 5) is 15.0. The summed E-state index contributed by atoms with van der Waals surface area (Å²) in [6, 6.07) is 10.2. The molecule has 0 spiro atoms. The van der Waals surface area contributed by atoms with Gasteiger partial charge in [0.15, 0.2) is 0 Å². The lowest BCUT2D eigenvalue weighted by Gasteiger charge is -2.37. The number of nitrogens with zero attached hydrogens (tertiary/aromatic N) is 1. The molecule has 0 radical (unpaired) electrons. The number of carbonyl (C=O) groups is 1. The summed E-state index contributed by atoms with van der Waals surface area (Å²) in [6.07, 6.45) is 1.74. The van der Waals surface area contributed by atoms with Gasteiger partial charge in [0.2, 0.25) is 5.91 Å². The molecular formula is C17H27N3O. The van der Waals surface area contributed by atoms with Crippen molar-refractivity contribution in [3.8, 4) is 0 Å². The van der Waals surface area contributed by atoms with Gasteiger partial charge >= 0.3 is 0 Å². The van der Waals surface area contributed by atoms with E-state index in [2.05, 4.69) is 41.6 Å². The summed E-state index contributed by atoms with van der Waals surface area (Å²) in [5.41, 5.74) is 0.782. The second kappa shape index (κ2) is 7.57. The molecule has 21 heavy (non-hydrogen) atoms. The number of likely N-dealkylation sites (N-methyl/N-ethyl adjacent to an activating group) is 1. The standard InChI is InChI=1S/C17H27N3O/c1-3-20(2)14-13-19-16(21)17(9-11-18-12-10-17)15-7-5-4-6-8-15/h4-8,18H,3,9-14H2,1-2H3,(H,19,21). The number of carbonyl (C=O) groups excluding carboxylic acids is 1. The summed E-state index contributed by atoms with van der Waals surface area (Å²) >= 11 is 0. The molecule has 0 bridgehead atoms. The molecule has 1 aromatic rings. The van der Waals surface area contributed by atoms with Gasteiger partial charge < -0.3 is 15.5 Å². The van der Waals surface area contributed by atoms with Crippen LogP contribution < -0.4 is 10.6 Å². The summed E-state index contributed by atoms with van der Waals surface area (Å²) in [5, 5.41) is 6.51. The Morgan fingerprint density at radius 1 is 1.29 bits per heavy atom. The minimum absolute atomic E-state index is 0.180. The number of benzene rings is 1. The predicted octanol–water partition coefficient (Wildman–Crippen LogP) is 1.38. The molecule has 1 fully saturated rings. The van der Waals surface area contributed by atoms with E-state index >= 15 is 0 Å². The molecule has 1 aliphatic heterocycles. The number of piperidine rings is 1. The molecule has 116 valence electrons. The number of hydrogen-bond acceptors (Lipinski definition) is 3. The molecule has 0 aromatic heterocycles. The van der Waals surface area contributed by atoms with Gasteiger partial charge in [0.25, 0.3) is 0 Å². The fourth-order valence-corrected chi connectivity index (χ4v) is 2.95. The van der Waals surface area contributed by atoms with Crippen molar-refractivity contribution >= 4 is 5.91 Å². The lowest BCUT2D eigenvalue weighted by Crippen LogP contribution is -2.51. The molecular weight excluding hydrogens is 262 g/mol. The third-order valence-corrected chi connectivity index (χ3v) is 4.54. The van der Waals surface area contributed by atoms with Crippen LogP contribution in [0.5, 0.6) is 0 Å². The smallest absolute Gasteiger partial charge is 0.230 e. The van der Waals surface area contributed by atoms with E-state index in [1.54, 1.807) is 0 Å². The van der Waals surface area contributed by atoms with Crippen LogP contribution in [0.4, 0.5) is 0 Å². The fourth-order valence-electron chi connectivity index (χ4n) is 2.95. The molecule has 0 unspecified atom stereocenters. The van der Waals surface area contributed by atoms with Crippen molar-refractivity contribution in [3.05, 3.63) is 35.9 Å². The van der Waals surface area contributed by atoms with Gasteiger partial charge in [-0.15, -0.1) is 0 Å². The average Bonchev–Trinajstić information content (AvgIpc) is 2.56. The van der Waals surface area contributed by atoms with Crippen LogP contribution in [-0.2, 0) is 10.2 Å². The Balaban J connectivity index is 2.07. The quantitative estimate of drug-likeness (QED) is 0.831. The normalized spacial score (nSPS) is 17.7. The molecule has 1 aliphatic rings. The van der Waals surface area contributed by atoms with E-state index < -0.39 is 0 Å². The first-order valence-electron chi connectivity index (χ1n) is 7.92. The summed E-state index contributed by atoms with van der Waals surface area (Å²) in [6.45, 7) is 6.54. The Morgan fingerprint density at radius 2 is 1.95 bits per heavy atom. The van der Waals surface area contributed by atoms with Gasteiger partial charge in [-0.05, 0) is 45.1 Å². The minimum atomic E-state index is -0.364. The molecule has 1 aromatic carbocycles. The van der Waals surface area contributed by atoms with Gasteiger partial charge in [-0.1, -0.05) is 37.3 Å². The van der Waals surface area contributed by atoms with Gasteiger partial charge in [0.05, 0.1) is 5.41 Å². The number of nitrogens with one attached hydrogen (secondary N) is 2. The Bertz CT molecular complexity index is 441. The van der Waals surface area contributed by atoms with Crippen molar-refractivity contribution < 1.29 is 4.79 Å². The van der Waals surface area contributed by atoms with Crippen LogP contribution in [0.3, 0.4) is 0 Å². The molecule has 1 saturated heterocycles. The third-order valence-electron chi connectivity index (χ3n) is 4.54. The van der Waals surface area contributed by atoms with Crippen LogP contribution in [0.2, 0.25) is 0 Å². The topological polar surface area (TPSA) is 44.4 Å². The highest BCUT2D eigenvalue weighted by atomic mass is 16.2. The monoisotopic (exact) mass is 289 g/mol. The Labute approximate surface area is 127 Å². The van der Waals surface area contributed by atoms with Crippen molar-refractivity contribution in [2.75, 3.05) is 39.8 Å². The molecule has 0 aliphatic carbocycles. The number of rotatable bonds is 6. The first kappa shape index (κ1) is 16.0. The molecule has 4 heteroatoms. The number of hydrogen-bond donors (Lipinski definition) is 2. The van der Waals surface area contributed by atoms with Crippen molar-refractivity contribution in [2.45, 2.75) is 25.2 Å². The van der Waals surface area contributed by atoms with Crippen LogP contribution in [-0.4, -0.2) is 50.6 Å². The van der Waals surface area contributed by atoms with Gasteiger partial charge in [0, 0.05) is 13.1 Å². The molecule has 0 atom stereocenters. The summed E-state index contributed by atoms with van der Waals surface area (Å²) in [5.74, 6) is 0.180. The zero-order chi connectivity index (χ0) is 15.1. The van der Waals surface area contributed by atoms with Crippen molar-refractivity contribution in [1.82, 2.24) is 15.5 Å². The first-order chi connectivity index (χ1) is 10.2. The second-order valence-electron chi connectivity index (χ2n) is 5.85. The van der Waals surface area contributed by atoms with Gasteiger partial charge in [-0.3, -0.25) is 4.79 Å². The Kier molecular flexibility index (Phi) is 5.76. The first-order valence-corrected chi connectivity index (χ1v) is 7.92. The maximum Gasteiger partial charge on any atom is 0.230 e. The fraction of sp³-hybridized carbons (Fsp3) is 0.588. The predicted molar refractivity (Wildman–Crippen MR) is 86.4 cm³/mol. The summed E-state index contributed by atoms with van der Waals surface area (Å²) in [7, 11) is 2.07. The average molecular weight is 289 g/mol. The van der Waals surface area contributed by atoms with E-state index in [9.17, 15) is 4.79 Å². The van der Waals surface area contributed by atoms with E-state index in [-0.39, 0.29) is 11.3 Å². The maximum absolute atomic E-state index is 12.8. The Morgan fingerprint density at radius 3 is 2.57 bits per heavy atom. The highest BCUT2D eigenvalue weighted by molar-refractivity contribution is 5.88. The highest BCUT2D eigenvalue weighted by Gasteiger charge is 2.40. The van der Waals surface area contributed by atoms with Crippen LogP contribution >= 0.6 is 0 Å². The largest absolute Gasteiger partial charge is 0.354 e. The van der Waals surface area contributed by atoms with E-state index in [1.165, 1.54) is 0 Å². The van der Waals surface area contributed by atoms with Gasteiger partial charge in [-0.2, -0.15) is 0 Å². The lowest BCUT2D eigenvalue weighted by molar-refractivity contribution is -0.127. The van der Waals surface area contributed by atoms with Crippen LogP contribution in [0, 0.1) is 0 Å². The van der Waals surface area contributed by atoms with Crippen LogP contribution in [0.25, 0.3) is 0 Å². The zero-order valence-electron chi connectivity index (χ0n) is 13.2. The molecule has 2 N–H and O–H groups in total. The SMILES string of the molecule is CCN(C)CCNC(=O)C1(c2ccccc2)CCNCC1. The lowest BCUT2D eigenvalue weighted by atomic mass is 9.72. The van der Waals surface area contributed by atoms with Crippen LogP contribution in [0.15, 0.2) is 30.3 Å². The van der Waals surface area contributed by atoms with E-state index in [4.69, 9.17) is 0 Å². The summed E-state index contributed by atoms with van der Waals surface area (Å²) < 4.78 is 0. The van der Waals surface area contributed by atoms with Crippen molar-refractivity contribution in [3.63, 3.8) is 0 Å². The van der Waals surface area contributed by atoms with E-state index in [0.29, 0.717) is 6.54 Å². The van der Waals surface area contributed by atoms with E-state index in [1.807, 2.05) is 18.2 Å². The van der Waals surface area contributed by atoms with Crippen molar-refractivity contribution in [2.24, 2.45) is 0 Å². The number of amides is 1. The molecule has 1 amide bonds. The van der Waals surface area contributed by atoms with Gasteiger partial charge in [0.1, 0.15) is 0 Å². The Hall–Kier alpha value is -1.39. The minimum Gasteiger partial charge on any atom is -0.354 e. The molecule has 4 nitrogen and oxygen atoms in total. The highest BCUT2D eigenvalue weighted by Crippen LogP contribution is 2.33. The molecule has 2 rings (SSSR count). The maximum atomic E-state index is 12.8. The van der Waals surface area contributed by atoms with E-state index in [0.717, 1.165) is 44.6 Å². The zero-order valence-corrected chi connectivity index (χ0v) is 13.2. The molecule has 1 heterocycles. The second-order valence-corrected chi connectivity index (χ2v) is 5.85. The van der Waals surface area contributed by atoms with Gasteiger partial charge in [-0.25, -0.2) is 0 Å². The van der Waals surface area contributed by atoms with Crippen LogP contribution in [0.1, 0.15) is 25.3 Å². The third kappa shape index (κ3) is 3.83.